The summed E-state index contributed by atoms with van der Waals surface area (Å²) in [6, 6.07) is 8.11. The second kappa shape index (κ2) is 9.52. The quantitative estimate of drug-likeness (QED) is 0.788. The Morgan fingerprint density at radius 3 is 2.65 bits per heavy atom. The molecule has 0 saturated carbocycles. The van der Waals surface area contributed by atoms with Crippen molar-refractivity contribution < 1.29 is 9.90 Å². The number of hydrogen-bond acceptors (Lipinski definition) is 4. The maximum absolute atomic E-state index is 11.9. The molecule has 0 aromatic heterocycles. The second-order valence-electron chi connectivity index (χ2n) is 5.98. The van der Waals surface area contributed by atoms with Crippen molar-refractivity contribution in [2.75, 3.05) is 25.1 Å². The lowest BCUT2D eigenvalue weighted by Gasteiger charge is -2.32. The van der Waals surface area contributed by atoms with Crippen LogP contribution in [0.1, 0.15) is 24.8 Å². The van der Waals surface area contributed by atoms with Gasteiger partial charge in [-0.15, -0.1) is 0 Å². The van der Waals surface area contributed by atoms with Crippen LogP contribution in [0.4, 0.5) is 0 Å². The first-order valence-corrected chi connectivity index (χ1v) is 9.80. The van der Waals surface area contributed by atoms with Gasteiger partial charge in [0.25, 0.3) is 0 Å². The van der Waals surface area contributed by atoms with Crippen LogP contribution in [0.3, 0.4) is 0 Å². The summed E-state index contributed by atoms with van der Waals surface area (Å²) in [6.07, 6.45) is 3.46. The van der Waals surface area contributed by atoms with E-state index in [1.54, 1.807) is 11.8 Å². The predicted octanol–water partition coefficient (Wildman–Crippen LogP) is 2.53. The highest BCUT2D eigenvalue weighted by Gasteiger charge is 2.23. The highest BCUT2D eigenvalue weighted by Crippen LogP contribution is 2.16. The lowest BCUT2D eigenvalue weighted by Crippen LogP contribution is -2.47. The number of aliphatic hydroxyl groups is 1. The lowest BCUT2D eigenvalue weighted by molar-refractivity contribution is -0.130. The molecule has 0 unspecified atom stereocenters. The maximum atomic E-state index is 11.9. The van der Waals surface area contributed by atoms with Gasteiger partial charge < -0.3 is 10.4 Å². The minimum Gasteiger partial charge on any atom is -0.383 e. The number of hydrogen-bond donors (Lipinski definition) is 2. The fraction of sp³-hybridized carbons (Fsp3) is 0.588. The zero-order valence-electron chi connectivity index (χ0n) is 13.5. The van der Waals surface area contributed by atoms with Crippen molar-refractivity contribution in [2.24, 2.45) is 0 Å². The molecule has 1 aliphatic rings. The molecule has 23 heavy (non-hydrogen) atoms. The van der Waals surface area contributed by atoms with Gasteiger partial charge in [0.15, 0.2) is 0 Å². The normalized spacial score (nSPS) is 17.9. The Morgan fingerprint density at radius 2 is 2.04 bits per heavy atom. The van der Waals surface area contributed by atoms with E-state index < -0.39 is 6.10 Å². The van der Waals surface area contributed by atoms with Crippen molar-refractivity contribution in [3.05, 3.63) is 34.9 Å². The molecule has 4 nitrogen and oxygen atoms in total. The zero-order valence-corrected chi connectivity index (χ0v) is 15.1. The van der Waals surface area contributed by atoms with E-state index in [0.717, 1.165) is 43.3 Å². The molecule has 0 spiro atoms. The summed E-state index contributed by atoms with van der Waals surface area (Å²) < 4.78 is 0. The predicted molar refractivity (Wildman–Crippen MR) is 96.9 cm³/mol. The smallest absolute Gasteiger partial charge is 0.249 e. The fourth-order valence-electron chi connectivity index (χ4n) is 2.74. The van der Waals surface area contributed by atoms with Crippen LogP contribution in [-0.2, 0) is 11.3 Å². The van der Waals surface area contributed by atoms with Crippen LogP contribution in [0.5, 0.6) is 0 Å². The molecule has 1 heterocycles. The number of nitrogens with one attached hydrogen (secondary N) is 1. The Labute approximate surface area is 147 Å². The van der Waals surface area contributed by atoms with Crippen molar-refractivity contribution >= 4 is 29.3 Å². The van der Waals surface area contributed by atoms with Gasteiger partial charge in [0.2, 0.25) is 5.91 Å². The van der Waals surface area contributed by atoms with Gasteiger partial charge in [-0.25, -0.2) is 0 Å². The summed E-state index contributed by atoms with van der Waals surface area (Å²) >= 11 is 7.54. The number of amides is 1. The lowest BCUT2D eigenvalue weighted by atomic mass is 10.0. The third-order valence-corrected chi connectivity index (χ3v) is 5.05. The van der Waals surface area contributed by atoms with E-state index in [0.29, 0.717) is 6.42 Å². The molecule has 1 atom stereocenters. The van der Waals surface area contributed by atoms with Crippen molar-refractivity contribution in [1.29, 1.82) is 0 Å². The number of halogens is 1. The first kappa shape index (κ1) is 18.6. The fourth-order valence-corrected chi connectivity index (χ4v) is 3.33. The van der Waals surface area contributed by atoms with E-state index in [-0.39, 0.29) is 11.9 Å². The molecule has 6 heteroatoms. The average Bonchev–Trinajstić information content (AvgIpc) is 2.56. The Hall–Kier alpha value is -0.750. The third kappa shape index (κ3) is 6.34. The molecule has 0 aliphatic carbocycles. The standard InChI is InChI=1S/C17H25ClN2O2S/c1-23-11-8-16(21)17(22)19-15-6-9-20(10-7-15)12-13-2-4-14(18)5-3-13/h2-5,15-16,21H,6-12H2,1H3,(H,19,22)/t16-/m1/s1. The van der Waals surface area contributed by atoms with Gasteiger partial charge in [-0.1, -0.05) is 23.7 Å². The molecule has 1 aliphatic heterocycles. The van der Waals surface area contributed by atoms with Gasteiger partial charge >= 0.3 is 0 Å². The number of piperidine rings is 1. The molecule has 0 bridgehead atoms. The molecular formula is C17H25ClN2O2S. The number of carbonyl (C=O) groups excluding carboxylic acids is 1. The van der Waals surface area contributed by atoms with Crippen LogP contribution < -0.4 is 5.32 Å². The topological polar surface area (TPSA) is 52.6 Å². The van der Waals surface area contributed by atoms with Gasteiger partial charge in [-0.05, 0) is 49.0 Å². The molecule has 1 fully saturated rings. The van der Waals surface area contributed by atoms with Gasteiger partial charge in [-0.2, -0.15) is 11.8 Å². The maximum Gasteiger partial charge on any atom is 0.249 e. The van der Waals surface area contributed by atoms with Crippen LogP contribution >= 0.6 is 23.4 Å². The van der Waals surface area contributed by atoms with Crippen LogP contribution in [-0.4, -0.2) is 53.2 Å². The summed E-state index contributed by atoms with van der Waals surface area (Å²) in [6.45, 7) is 2.82. The number of likely N-dealkylation sites (tertiary alicyclic amines) is 1. The van der Waals surface area contributed by atoms with Gasteiger partial charge in [0.05, 0.1) is 0 Å². The SMILES string of the molecule is CSCC[C@@H](O)C(=O)NC1CCN(Cc2ccc(Cl)cc2)CC1. The molecule has 2 rings (SSSR count). The Balaban J connectivity index is 1.71. The van der Waals surface area contributed by atoms with E-state index >= 15 is 0 Å². The number of benzene rings is 1. The molecule has 1 aromatic rings. The first-order valence-electron chi connectivity index (χ1n) is 8.02. The largest absolute Gasteiger partial charge is 0.383 e. The van der Waals surface area contributed by atoms with Gasteiger partial charge in [-0.3, -0.25) is 9.69 Å². The summed E-state index contributed by atoms with van der Waals surface area (Å²) in [7, 11) is 0. The number of carbonyl (C=O) groups is 1. The summed E-state index contributed by atoms with van der Waals surface area (Å²) in [5.41, 5.74) is 1.25. The molecule has 0 radical (unpaired) electrons. The summed E-state index contributed by atoms with van der Waals surface area (Å²) in [5.74, 6) is 0.573. The molecule has 1 amide bonds. The van der Waals surface area contributed by atoms with Crippen LogP contribution in [0.2, 0.25) is 5.02 Å². The molecule has 1 aromatic carbocycles. The van der Waals surface area contributed by atoms with Crippen molar-refractivity contribution in [2.45, 2.75) is 38.0 Å². The van der Waals surface area contributed by atoms with Crippen molar-refractivity contribution in [3.8, 4) is 0 Å². The van der Waals surface area contributed by atoms with E-state index in [2.05, 4.69) is 22.3 Å². The summed E-state index contributed by atoms with van der Waals surface area (Å²) in [5, 5.41) is 13.5. The minimum atomic E-state index is -0.880. The van der Waals surface area contributed by atoms with Crippen molar-refractivity contribution in [1.82, 2.24) is 10.2 Å². The Morgan fingerprint density at radius 1 is 1.39 bits per heavy atom. The Kier molecular flexibility index (Phi) is 7.70. The van der Waals surface area contributed by atoms with Gasteiger partial charge in [0, 0.05) is 30.7 Å². The van der Waals surface area contributed by atoms with E-state index in [1.807, 2.05) is 18.4 Å². The van der Waals surface area contributed by atoms with E-state index in [9.17, 15) is 9.90 Å². The number of rotatable bonds is 7. The highest BCUT2D eigenvalue weighted by atomic mass is 35.5. The summed E-state index contributed by atoms with van der Waals surface area (Å²) in [4.78, 5) is 14.3. The van der Waals surface area contributed by atoms with E-state index in [1.165, 1.54) is 5.56 Å². The number of thioether (sulfide) groups is 1. The van der Waals surface area contributed by atoms with Crippen LogP contribution in [0, 0.1) is 0 Å². The van der Waals surface area contributed by atoms with Gasteiger partial charge in [0.1, 0.15) is 6.10 Å². The average molecular weight is 357 g/mol. The monoisotopic (exact) mass is 356 g/mol. The highest BCUT2D eigenvalue weighted by molar-refractivity contribution is 7.98. The van der Waals surface area contributed by atoms with E-state index in [4.69, 9.17) is 11.6 Å². The Bertz CT molecular complexity index is 490. The molecule has 1 saturated heterocycles. The zero-order chi connectivity index (χ0) is 16.7. The molecular weight excluding hydrogens is 332 g/mol. The number of aliphatic hydroxyl groups excluding tert-OH is 1. The minimum absolute atomic E-state index is 0.174. The van der Waals surface area contributed by atoms with Crippen LogP contribution in [0.25, 0.3) is 0 Å². The molecule has 128 valence electrons. The van der Waals surface area contributed by atoms with Crippen molar-refractivity contribution in [3.63, 3.8) is 0 Å². The third-order valence-electron chi connectivity index (χ3n) is 4.15. The number of nitrogens with zero attached hydrogens (tertiary/aromatic N) is 1. The first-order chi connectivity index (χ1) is 11.1. The van der Waals surface area contributed by atoms with Crippen LogP contribution in [0.15, 0.2) is 24.3 Å². The molecule has 2 N–H and O–H groups in total. The second-order valence-corrected chi connectivity index (χ2v) is 7.40.